The molecule has 2 aromatic carbocycles. The lowest BCUT2D eigenvalue weighted by atomic mass is 10.2. The van der Waals surface area contributed by atoms with Crippen molar-refractivity contribution in [3.63, 3.8) is 0 Å². The maximum atomic E-state index is 12.0. The first-order valence-electron chi connectivity index (χ1n) is 7.24. The fourth-order valence-electron chi connectivity index (χ4n) is 2.05. The van der Waals surface area contributed by atoms with E-state index in [2.05, 4.69) is 15.3 Å². The molecular formula is C18H15N3O3. The van der Waals surface area contributed by atoms with Crippen LogP contribution < -0.4 is 14.8 Å². The number of amides is 1. The van der Waals surface area contributed by atoms with Crippen LogP contribution in [0.4, 0.5) is 5.69 Å². The molecule has 3 aromatic rings. The van der Waals surface area contributed by atoms with Gasteiger partial charge in [0.2, 0.25) is 0 Å². The van der Waals surface area contributed by atoms with Gasteiger partial charge in [0.05, 0.1) is 13.3 Å². The molecule has 6 nitrogen and oxygen atoms in total. The van der Waals surface area contributed by atoms with Gasteiger partial charge in [-0.2, -0.15) is 0 Å². The standard InChI is InChI=1S/C18H15N3O3/c1-23-16-4-2-3-5-17(16)24-14-8-6-13(7-9-14)21-18(22)15-12-19-10-11-20-15/h2-12H,1H3,(H,21,22). The van der Waals surface area contributed by atoms with Crippen LogP contribution in [0, 0.1) is 0 Å². The van der Waals surface area contributed by atoms with Crippen molar-refractivity contribution in [3.05, 3.63) is 72.8 Å². The molecule has 0 atom stereocenters. The summed E-state index contributed by atoms with van der Waals surface area (Å²) >= 11 is 0. The summed E-state index contributed by atoms with van der Waals surface area (Å²) < 4.78 is 11.0. The normalized spacial score (nSPS) is 10.0. The molecule has 6 heteroatoms. The molecule has 0 unspecified atom stereocenters. The Morgan fingerprint density at radius 1 is 1.00 bits per heavy atom. The molecule has 3 rings (SSSR count). The predicted octanol–water partition coefficient (Wildman–Crippen LogP) is 3.53. The SMILES string of the molecule is COc1ccccc1Oc1ccc(NC(=O)c2cnccn2)cc1. The van der Waals surface area contributed by atoms with E-state index >= 15 is 0 Å². The highest BCUT2D eigenvalue weighted by Crippen LogP contribution is 2.31. The number of ether oxygens (including phenoxy) is 2. The third kappa shape index (κ3) is 3.67. The fraction of sp³-hybridized carbons (Fsp3) is 0.0556. The minimum absolute atomic E-state index is 0.256. The average molecular weight is 321 g/mol. The number of nitrogens with one attached hydrogen (secondary N) is 1. The zero-order valence-electron chi connectivity index (χ0n) is 13.0. The maximum absolute atomic E-state index is 12.0. The van der Waals surface area contributed by atoms with Gasteiger partial charge in [0.1, 0.15) is 11.4 Å². The van der Waals surface area contributed by atoms with Crippen molar-refractivity contribution in [2.24, 2.45) is 0 Å². The first kappa shape index (κ1) is 15.5. The Morgan fingerprint density at radius 2 is 1.75 bits per heavy atom. The van der Waals surface area contributed by atoms with E-state index < -0.39 is 0 Å². The number of para-hydroxylation sites is 2. The molecule has 0 bridgehead atoms. The number of benzene rings is 2. The van der Waals surface area contributed by atoms with Crippen LogP contribution >= 0.6 is 0 Å². The molecule has 120 valence electrons. The predicted molar refractivity (Wildman–Crippen MR) is 89.5 cm³/mol. The summed E-state index contributed by atoms with van der Waals surface area (Å²) in [5, 5.41) is 2.75. The van der Waals surface area contributed by atoms with Crippen LogP contribution in [0.3, 0.4) is 0 Å². The first-order valence-corrected chi connectivity index (χ1v) is 7.24. The Morgan fingerprint density at radius 3 is 2.42 bits per heavy atom. The van der Waals surface area contributed by atoms with Gasteiger partial charge in [-0.3, -0.25) is 9.78 Å². The zero-order valence-corrected chi connectivity index (χ0v) is 13.0. The molecule has 1 aromatic heterocycles. The van der Waals surface area contributed by atoms with Gasteiger partial charge in [0.25, 0.3) is 5.91 Å². The summed E-state index contributed by atoms with van der Waals surface area (Å²) in [6.07, 6.45) is 4.40. The summed E-state index contributed by atoms with van der Waals surface area (Å²) in [6.45, 7) is 0. The number of hydrogen-bond donors (Lipinski definition) is 1. The van der Waals surface area contributed by atoms with E-state index in [0.717, 1.165) is 0 Å². The van der Waals surface area contributed by atoms with Gasteiger partial charge >= 0.3 is 0 Å². The zero-order chi connectivity index (χ0) is 16.8. The number of aromatic nitrogens is 2. The quantitative estimate of drug-likeness (QED) is 0.778. The van der Waals surface area contributed by atoms with Crippen molar-refractivity contribution in [1.82, 2.24) is 9.97 Å². The highest BCUT2D eigenvalue weighted by Gasteiger charge is 2.08. The average Bonchev–Trinajstić information content (AvgIpc) is 2.64. The van der Waals surface area contributed by atoms with Gasteiger partial charge in [-0.15, -0.1) is 0 Å². The monoisotopic (exact) mass is 321 g/mol. The molecule has 0 saturated heterocycles. The van der Waals surface area contributed by atoms with E-state index in [1.807, 2.05) is 24.3 Å². The summed E-state index contributed by atoms with van der Waals surface area (Å²) in [7, 11) is 1.59. The summed E-state index contributed by atoms with van der Waals surface area (Å²) in [6, 6.07) is 14.4. The first-order chi connectivity index (χ1) is 11.8. The summed E-state index contributed by atoms with van der Waals surface area (Å²) in [4.78, 5) is 19.8. The van der Waals surface area contributed by atoms with Crippen LogP contribution in [0.1, 0.15) is 10.5 Å². The third-order valence-corrected chi connectivity index (χ3v) is 3.20. The maximum Gasteiger partial charge on any atom is 0.275 e. The van der Waals surface area contributed by atoms with Crippen molar-refractivity contribution >= 4 is 11.6 Å². The van der Waals surface area contributed by atoms with Gasteiger partial charge in [-0.1, -0.05) is 12.1 Å². The molecule has 1 heterocycles. The van der Waals surface area contributed by atoms with Crippen LogP contribution in [-0.4, -0.2) is 23.0 Å². The number of rotatable bonds is 5. The van der Waals surface area contributed by atoms with Crippen molar-refractivity contribution in [2.45, 2.75) is 0 Å². The van der Waals surface area contributed by atoms with Crippen molar-refractivity contribution in [2.75, 3.05) is 12.4 Å². The van der Waals surface area contributed by atoms with E-state index in [1.165, 1.54) is 18.6 Å². The molecule has 1 N–H and O–H groups in total. The largest absolute Gasteiger partial charge is 0.493 e. The highest BCUT2D eigenvalue weighted by molar-refractivity contribution is 6.02. The molecule has 0 aliphatic carbocycles. The van der Waals surface area contributed by atoms with Crippen molar-refractivity contribution < 1.29 is 14.3 Å². The van der Waals surface area contributed by atoms with E-state index in [4.69, 9.17) is 9.47 Å². The smallest absolute Gasteiger partial charge is 0.275 e. The van der Waals surface area contributed by atoms with Crippen LogP contribution in [0.5, 0.6) is 17.2 Å². The molecule has 0 aliphatic rings. The Hall–Kier alpha value is -3.41. The lowest BCUT2D eigenvalue weighted by Gasteiger charge is -2.10. The minimum atomic E-state index is -0.318. The Labute approximate surface area is 139 Å². The van der Waals surface area contributed by atoms with Crippen LogP contribution in [-0.2, 0) is 0 Å². The van der Waals surface area contributed by atoms with Gasteiger partial charge in [0.15, 0.2) is 11.5 Å². The molecule has 0 saturated carbocycles. The highest BCUT2D eigenvalue weighted by atomic mass is 16.5. The Kier molecular flexibility index (Phi) is 4.67. The van der Waals surface area contributed by atoms with E-state index in [9.17, 15) is 4.79 Å². The number of carbonyl (C=O) groups excluding carboxylic acids is 1. The summed E-state index contributed by atoms with van der Waals surface area (Å²) in [5.74, 6) is 1.59. The van der Waals surface area contributed by atoms with Gasteiger partial charge < -0.3 is 14.8 Å². The summed E-state index contributed by atoms with van der Waals surface area (Å²) in [5.41, 5.74) is 0.893. The number of carbonyl (C=O) groups is 1. The van der Waals surface area contributed by atoms with Crippen LogP contribution in [0.15, 0.2) is 67.1 Å². The van der Waals surface area contributed by atoms with Crippen molar-refractivity contribution in [3.8, 4) is 17.2 Å². The number of anilines is 1. The minimum Gasteiger partial charge on any atom is -0.493 e. The van der Waals surface area contributed by atoms with Crippen LogP contribution in [0.2, 0.25) is 0 Å². The van der Waals surface area contributed by atoms with Gasteiger partial charge in [0, 0.05) is 18.1 Å². The Bertz CT molecular complexity index is 820. The Balaban J connectivity index is 1.68. The molecule has 0 radical (unpaired) electrons. The topological polar surface area (TPSA) is 73.3 Å². The van der Waals surface area contributed by atoms with Gasteiger partial charge in [-0.05, 0) is 36.4 Å². The van der Waals surface area contributed by atoms with E-state index in [-0.39, 0.29) is 11.6 Å². The molecule has 0 spiro atoms. The molecule has 0 aliphatic heterocycles. The van der Waals surface area contributed by atoms with E-state index in [1.54, 1.807) is 31.4 Å². The second kappa shape index (κ2) is 7.23. The molecular weight excluding hydrogens is 306 g/mol. The molecule has 24 heavy (non-hydrogen) atoms. The second-order valence-electron chi connectivity index (χ2n) is 4.82. The second-order valence-corrected chi connectivity index (χ2v) is 4.82. The van der Waals surface area contributed by atoms with E-state index in [0.29, 0.717) is 22.9 Å². The molecule has 1 amide bonds. The third-order valence-electron chi connectivity index (χ3n) is 3.20. The lowest BCUT2D eigenvalue weighted by Crippen LogP contribution is -2.13. The number of methoxy groups -OCH3 is 1. The van der Waals surface area contributed by atoms with Crippen LogP contribution in [0.25, 0.3) is 0 Å². The fourth-order valence-corrected chi connectivity index (χ4v) is 2.05. The van der Waals surface area contributed by atoms with Gasteiger partial charge in [-0.25, -0.2) is 4.98 Å². The lowest BCUT2D eigenvalue weighted by molar-refractivity contribution is 0.102. The molecule has 0 fully saturated rings. The number of hydrogen-bond acceptors (Lipinski definition) is 5. The number of nitrogens with zero attached hydrogens (tertiary/aromatic N) is 2. The van der Waals surface area contributed by atoms with Crippen molar-refractivity contribution in [1.29, 1.82) is 0 Å².